The molecule has 2 N–H and O–H groups in total. The second-order valence-electron chi connectivity index (χ2n) is 6.98. The summed E-state index contributed by atoms with van der Waals surface area (Å²) in [4.78, 5) is 12.3. The van der Waals surface area contributed by atoms with E-state index >= 15 is 0 Å². The van der Waals surface area contributed by atoms with Crippen LogP contribution in [0.2, 0.25) is 0 Å². The van der Waals surface area contributed by atoms with Crippen LogP contribution in [0.25, 0.3) is 0 Å². The Morgan fingerprint density at radius 1 is 1.11 bits per heavy atom. The zero-order valence-corrected chi connectivity index (χ0v) is 16.0. The smallest absolute Gasteiger partial charge is 0.267 e. The first-order valence-corrected chi connectivity index (χ1v) is 9.31. The Morgan fingerprint density at radius 3 is 2.36 bits per heavy atom. The molecule has 3 rings (SSSR count). The molecule has 150 valence electrons. The van der Waals surface area contributed by atoms with Gasteiger partial charge in [-0.05, 0) is 35.7 Å². The van der Waals surface area contributed by atoms with Crippen LogP contribution in [-0.4, -0.2) is 47.2 Å². The standard InChI is InChI=1S/C20H25F2N5O/c1-14(2)15-5-7-16(8-6-15)24-20(25-28)27-12-10-26(11-13-27)19-17(18(21)22)4-3-9-23-19/h3-9,14,18,28H,10-13H2,1-2H3,(H,24,25). The Bertz CT molecular complexity index is 802. The number of halogens is 2. The number of guanidine groups is 1. The molecule has 1 aromatic heterocycles. The topological polar surface area (TPSA) is 64.0 Å². The lowest BCUT2D eigenvalue weighted by Gasteiger charge is -2.37. The van der Waals surface area contributed by atoms with Crippen molar-refractivity contribution in [2.75, 3.05) is 31.1 Å². The SMILES string of the molecule is CC(C)c1ccc(N=C(NO)N2CCN(c3ncccc3C(F)F)CC2)cc1. The number of piperazine rings is 1. The quantitative estimate of drug-likeness (QED) is 0.471. The van der Waals surface area contributed by atoms with Crippen molar-refractivity contribution in [3.05, 3.63) is 53.7 Å². The number of anilines is 1. The van der Waals surface area contributed by atoms with Gasteiger partial charge in [-0.15, -0.1) is 0 Å². The van der Waals surface area contributed by atoms with Crippen LogP contribution in [0.4, 0.5) is 20.3 Å². The van der Waals surface area contributed by atoms with E-state index in [9.17, 15) is 14.0 Å². The summed E-state index contributed by atoms with van der Waals surface area (Å²) in [5, 5.41) is 9.53. The summed E-state index contributed by atoms with van der Waals surface area (Å²) >= 11 is 0. The first kappa shape index (κ1) is 20.0. The molecule has 1 aliphatic rings. The van der Waals surface area contributed by atoms with Crippen LogP contribution in [-0.2, 0) is 0 Å². The summed E-state index contributed by atoms with van der Waals surface area (Å²) in [6.07, 6.45) is -1.04. The van der Waals surface area contributed by atoms with Gasteiger partial charge in [-0.2, -0.15) is 0 Å². The van der Waals surface area contributed by atoms with E-state index in [-0.39, 0.29) is 5.56 Å². The highest BCUT2D eigenvalue weighted by atomic mass is 19.3. The molecule has 0 radical (unpaired) electrons. The lowest BCUT2D eigenvalue weighted by molar-refractivity contribution is 0.151. The molecule has 2 heterocycles. The van der Waals surface area contributed by atoms with Crippen LogP contribution in [0.3, 0.4) is 0 Å². The van der Waals surface area contributed by atoms with Crippen LogP contribution in [0.15, 0.2) is 47.6 Å². The molecule has 0 amide bonds. The van der Waals surface area contributed by atoms with Gasteiger partial charge in [0.05, 0.1) is 11.3 Å². The zero-order chi connectivity index (χ0) is 20.1. The molecule has 0 aliphatic carbocycles. The maximum Gasteiger partial charge on any atom is 0.267 e. The van der Waals surface area contributed by atoms with Gasteiger partial charge in [0.15, 0.2) is 0 Å². The Morgan fingerprint density at radius 2 is 1.79 bits per heavy atom. The summed E-state index contributed by atoms with van der Waals surface area (Å²) < 4.78 is 26.4. The van der Waals surface area contributed by atoms with Crippen molar-refractivity contribution in [3.8, 4) is 0 Å². The van der Waals surface area contributed by atoms with E-state index in [2.05, 4.69) is 29.3 Å². The average molecular weight is 389 g/mol. The Kier molecular flexibility index (Phi) is 6.41. The molecule has 0 atom stereocenters. The number of nitrogens with one attached hydrogen (secondary N) is 1. The van der Waals surface area contributed by atoms with E-state index < -0.39 is 6.43 Å². The Labute approximate surface area is 163 Å². The molecular weight excluding hydrogens is 364 g/mol. The Balaban J connectivity index is 1.69. The first-order chi connectivity index (χ1) is 13.5. The van der Waals surface area contributed by atoms with Crippen molar-refractivity contribution < 1.29 is 14.0 Å². The fraction of sp³-hybridized carbons (Fsp3) is 0.400. The summed E-state index contributed by atoms with van der Waals surface area (Å²) in [6.45, 7) is 6.30. The van der Waals surface area contributed by atoms with Gasteiger partial charge in [-0.3, -0.25) is 5.21 Å². The fourth-order valence-corrected chi connectivity index (χ4v) is 3.20. The van der Waals surface area contributed by atoms with E-state index in [1.165, 1.54) is 23.9 Å². The van der Waals surface area contributed by atoms with E-state index in [0.717, 1.165) is 5.69 Å². The van der Waals surface area contributed by atoms with Crippen molar-refractivity contribution in [2.24, 2.45) is 4.99 Å². The molecule has 0 spiro atoms. The average Bonchev–Trinajstić information content (AvgIpc) is 2.72. The van der Waals surface area contributed by atoms with Crippen molar-refractivity contribution in [2.45, 2.75) is 26.2 Å². The predicted octanol–water partition coefficient (Wildman–Crippen LogP) is 3.93. The zero-order valence-electron chi connectivity index (χ0n) is 16.0. The summed E-state index contributed by atoms with van der Waals surface area (Å²) in [7, 11) is 0. The number of aromatic nitrogens is 1. The third-order valence-electron chi connectivity index (χ3n) is 4.83. The van der Waals surface area contributed by atoms with Gasteiger partial charge in [0, 0.05) is 32.4 Å². The third kappa shape index (κ3) is 4.56. The number of hydrogen-bond donors (Lipinski definition) is 2. The number of benzene rings is 1. The first-order valence-electron chi connectivity index (χ1n) is 9.31. The summed E-state index contributed by atoms with van der Waals surface area (Å²) in [6, 6.07) is 10.8. The minimum atomic E-state index is -2.56. The number of pyridine rings is 1. The van der Waals surface area contributed by atoms with Crippen molar-refractivity contribution in [1.82, 2.24) is 15.4 Å². The molecule has 2 aromatic rings. The number of hydroxylamine groups is 1. The van der Waals surface area contributed by atoms with E-state index in [0.29, 0.717) is 43.9 Å². The highest BCUT2D eigenvalue weighted by molar-refractivity contribution is 5.82. The molecule has 8 heteroatoms. The molecule has 0 bridgehead atoms. The lowest BCUT2D eigenvalue weighted by atomic mass is 10.0. The minimum Gasteiger partial charge on any atom is -0.353 e. The largest absolute Gasteiger partial charge is 0.353 e. The highest BCUT2D eigenvalue weighted by Gasteiger charge is 2.24. The van der Waals surface area contributed by atoms with Gasteiger partial charge in [0.25, 0.3) is 6.43 Å². The van der Waals surface area contributed by atoms with Crippen LogP contribution >= 0.6 is 0 Å². The lowest BCUT2D eigenvalue weighted by Crippen LogP contribution is -2.52. The summed E-state index contributed by atoms with van der Waals surface area (Å²) in [5.41, 5.74) is 4.05. The molecule has 1 aliphatic heterocycles. The van der Waals surface area contributed by atoms with Gasteiger partial charge < -0.3 is 9.80 Å². The number of rotatable bonds is 4. The summed E-state index contributed by atoms with van der Waals surface area (Å²) in [5.74, 6) is 1.09. The van der Waals surface area contributed by atoms with Crippen LogP contribution in [0, 0.1) is 0 Å². The number of nitrogens with zero attached hydrogens (tertiary/aromatic N) is 4. The molecule has 6 nitrogen and oxygen atoms in total. The van der Waals surface area contributed by atoms with E-state index in [1.54, 1.807) is 0 Å². The number of alkyl halides is 2. The molecule has 28 heavy (non-hydrogen) atoms. The van der Waals surface area contributed by atoms with E-state index in [1.807, 2.05) is 34.1 Å². The molecule has 1 fully saturated rings. The van der Waals surface area contributed by atoms with E-state index in [4.69, 9.17) is 0 Å². The number of hydrogen-bond acceptors (Lipinski definition) is 4. The van der Waals surface area contributed by atoms with Gasteiger partial charge in [0.1, 0.15) is 5.82 Å². The van der Waals surface area contributed by atoms with Crippen molar-refractivity contribution in [1.29, 1.82) is 0 Å². The molecule has 1 saturated heterocycles. The second-order valence-corrected chi connectivity index (χ2v) is 6.98. The van der Waals surface area contributed by atoms with Gasteiger partial charge in [0.2, 0.25) is 5.96 Å². The van der Waals surface area contributed by atoms with Gasteiger partial charge in [-0.25, -0.2) is 24.2 Å². The van der Waals surface area contributed by atoms with Crippen molar-refractivity contribution in [3.63, 3.8) is 0 Å². The fourth-order valence-electron chi connectivity index (χ4n) is 3.20. The minimum absolute atomic E-state index is 0.0598. The number of aliphatic imine (C=N–C) groups is 1. The normalized spacial score (nSPS) is 15.5. The van der Waals surface area contributed by atoms with Crippen molar-refractivity contribution >= 4 is 17.5 Å². The second kappa shape index (κ2) is 8.97. The monoisotopic (exact) mass is 389 g/mol. The molecule has 1 aromatic carbocycles. The van der Waals surface area contributed by atoms with Crippen LogP contribution < -0.4 is 10.4 Å². The molecule has 0 saturated carbocycles. The molecular formula is C20H25F2N5O. The maximum absolute atomic E-state index is 13.2. The van der Waals surface area contributed by atoms with Crippen LogP contribution in [0.5, 0.6) is 0 Å². The highest BCUT2D eigenvalue weighted by Crippen LogP contribution is 2.28. The van der Waals surface area contributed by atoms with Crippen LogP contribution in [0.1, 0.15) is 37.3 Å². The van der Waals surface area contributed by atoms with Gasteiger partial charge >= 0.3 is 0 Å². The Hall–Kier alpha value is -2.74. The van der Waals surface area contributed by atoms with Gasteiger partial charge in [-0.1, -0.05) is 26.0 Å². The third-order valence-corrected chi connectivity index (χ3v) is 4.83. The molecule has 0 unspecified atom stereocenters. The maximum atomic E-state index is 13.2. The predicted molar refractivity (Wildman–Crippen MR) is 106 cm³/mol.